The van der Waals surface area contributed by atoms with Crippen molar-refractivity contribution in [3.8, 4) is 11.3 Å². The molecule has 1 aliphatic rings. The summed E-state index contributed by atoms with van der Waals surface area (Å²) < 4.78 is 0. The summed E-state index contributed by atoms with van der Waals surface area (Å²) in [5.74, 6) is 1.03. The number of benzene rings is 2. The number of fused-ring (bicyclic) bond motifs is 3. The van der Waals surface area contributed by atoms with Crippen molar-refractivity contribution < 1.29 is 0 Å². The van der Waals surface area contributed by atoms with Gasteiger partial charge in [-0.3, -0.25) is 0 Å². The van der Waals surface area contributed by atoms with E-state index in [-0.39, 0.29) is 0 Å². The van der Waals surface area contributed by atoms with Crippen LogP contribution < -0.4 is 11.1 Å². The van der Waals surface area contributed by atoms with Gasteiger partial charge in [-0.2, -0.15) is 0 Å². The fourth-order valence-electron chi connectivity index (χ4n) is 3.67. The van der Waals surface area contributed by atoms with Crippen LogP contribution in [0, 0.1) is 0 Å². The van der Waals surface area contributed by atoms with E-state index in [1.165, 1.54) is 17.2 Å². The Morgan fingerprint density at radius 1 is 1.00 bits per heavy atom. The number of nitrogens with two attached hydrogens (primary N) is 1. The monoisotopic (exact) mass is 317 g/mol. The summed E-state index contributed by atoms with van der Waals surface area (Å²) in [5, 5.41) is 5.89. The highest BCUT2D eigenvalue weighted by Crippen LogP contribution is 2.31. The molecule has 1 aliphatic heterocycles. The molecule has 2 aromatic carbocycles. The first-order valence-electron chi connectivity index (χ1n) is 8.37. The second-order valence-electron chi connectivity index (χ2n) is 6.52. The van der Waals surface area contributed by atoms with Gasteiger partial charge in [0.15, 0.2) is 0 Å². The molecule has 0 spiro atoms. The highest BCUT2D eigenvalue weighted by atomic mass is 15.0. The van der Waals surface area contributed by atoms with Crippen LogP contribution in [-0.4, -0.2) is 21.5 Å². The first-order chi connectivity index (χ1) is 11.8. The molecule has 0 aliphatic carbocycles. The quantitative estimate of drug-likeness (QED) is 0.425. The Morgan fingerprint density at radius 2 is 1.83 bits per heavy atom. The molecular formula is C19H19N5. The Labute approximate surface area is 139 Å². The maximum Gasteiger partial charge on any atom is 0.123 e. The summed E-state index contributed by atoms with van der Waals surface area (Å²) in [6.45, 7) is 1.07. The minimum absolute atomic E-state index is 0.360. The minimum atomic E-state index is 0.360. The van der Waals surface area contributed by atoms with E-state index in [1.807, 2.05) is 18.3 Å². The van der Waals surface area contributed by atoms with Gasteiger partial charge in [-0.25, -0.2) is 4.98 Å². The number of rotatable bonds is 2. The van der Waals surface area contributed by atoms with Gasteiger partial charge >= 0.3 is 0 Å². The van der Waals surface area contributed by atoms with Crippen LogP contribution in [0.4, 0.5) is 5.69 Å². The largest absolute Gasteiger partial charge is 0.399 e. The molecule has 120 valence electrons. The fraction of sp³-hybridized carbons (Fsp3) is 0.211. The lowest BCUT2D eigenvalue weighted by Gasteiger charge is -2.05. The topological polar surface area (TPSA) is 82.5 Å². The number of nitrogens with zero attached hydrogens (tertiary/aromatic N) is 1. The summed E-state index contributed by atoms with van der Waals surface area (Å²) in [6, 6.07) is 12.8. The van der Waals surface area contributed by atoms with Gasteiger partial charge in [-0.05, 0) is 37.6 Å². The number of nitrogens with one attached hydrogen (secondary N) is 3. The van der Waals surface area contributed by atoms with Crippen LogP contribution in [0.3, 0.4) is 0 Å². The van der Waals surface area contributed by atoms with Crippen molar-refractivity contribution in [2.45, 2.75) is 18.9 Å². The molecule has 24 heavy (non-hydrogen) atoms. The first-order valence-corrected chi connectivity index (χ1v) is 8.37. The van der Waals surface area contributed by atoms with Crippen molar-refractivity contribution in [2.24, 2.45) is 0 Å². The Morgan fingerprint density at radius 3 is 2.67 bits per heavy atom. The number of hydrogen-bond acceptors (Lipinski definition) is 3. The highest BCUT2D eigenvalue weighted by Gasteiger charge is 2.19. The van der Waals surface area contributed by atoms with Gasteiger partial charge in [0.25, 0.3) is 0 Å². The van der Waals surface area contributed by atoms with E-state index < -0.39 is 0 Å². The molecule has 0 saturated carbocycles. The highest BCUT2D eigenvalue weighted by molar-refractivity contribution is 6.08. The molecule has 4 aromatic rings. The molecule has 3 heterocycles. The zero-order chi connectivity index (χ0) is 16.1. The molecule has 1 unspecified atom stereocenters. The van der Waals surface area contributed by atoms with Crippen molar-refractivity contribution in [3.63, 3.8) is 0 Å². The molecule has 1 fully saturated rings. The van der Waals surface area contributed by atoms with E-state index in [4.69, 9.17) is 5.73 Å². The smallest absolute Gasteiger partial charge is 0.123 e. The average Bonchev–Trinajstić information content (AvgIpc) is 3.32. The number of nitrogen functional groups attached to an aromatic ring is 1. The Hall–Kier alpha value is -2.79. The summed E-state index contributed by atoms with van der Waals surface area (Å²) >= 11 is 0. The van der Waals surface area contributed by atoms with Crippen molar-refractivity contribution in [2.75, 3.05) is 12.3 Å². The lowest BCUT2D eigenvalue weighted by Crippen LogP contribution is -2.14. The molecule has 5 nitrogen and oxygen atoms in total. The number of anilines is 1. The predicted octanol–water partition coefficient (Wildman–Crippen LogP) is 3.72. The Kier molecular flexibility index (Phi) is 2.90. The van der Waals surface area contributed by atoms with E-state index >= 15 is 0 Å². The predicted molar refractivity (Wildman–Crippen MR) is 97.8 cm³/mol. The minimum Gasteiger partial charge on any atom is -0.399 e. The Bertz CT molecular complexity index is 1040. The molecule has 0 radical (unpaired) electrons. The van der Waals surface area contributed by atoms with Crippen molar-refractivity contribution in [1.29, 1.82) is 0 Å². The molecule has 1 atom stereocenters. The number of aromatic nitrogens is 3. The van der Waals surface area contributed by atoms with Gasteiger partial charge in [0.05, 0.1) is 17.9 Å². The first kappa shape index (κ1) is 13.6. The van der Waals surface area contributed by atoms with Crippen LogP contribution in [0.2, 0.25) is 0 Å². The number of aromatic amines is 2. The van der Waals surface area contributed by atoms with Gasteiger partial charge < -0.3 is 21.0 Å². The maximum absolute atomic E-state index is 5.89. The van der Waals surface area contributed by atoms with Gasteiger partial charge in [0, 0.05) is 33.1 Å². The molecule has 0 amide bonds. The SMILES string of the molecule is Nc1ccc2c(c1)[nH]c1cc(-c3cnc(C4CCCN4)[nH]3)ccc12. The van der Waals surface area contributed by atoms with Gasteiger partial charge in [-0.1, -0.05) is 18.2 Å². The van der Waals surface area contributed by atoms with Crippen LogP contribution in [0.1, 0.15) is 24.7 Å². The molecule has 5 N–H and O–H groups in total. The third kappa shape index (κ3) is 2.09. The van der Waals surface area contributed by atoms with Gasteiger partial charge in [-0.15, -0.1) is 0 Å². The summed E-state index contributed by atoms with van der Waals surface area (Å²) in [4.78, 5) is 11.5. The van der Waals surface area contributed by atoms with E-state index in [0.29, 0.717) is 6.04 Å². The molecule has 5 heteroatoms. The average molecular weight is 317 g/mol. The molecule has 5 rings (SSSR count). The standard InChI is InChI=1S/C19H19N5/c20-12-4-6-14-13-5-3-11(8-16(13)23-17(14)9-12)18-10-22-19(24-18)15-2-1-7-21-15/h3-6,8-10,15,21,23H,1-2,7,20H2,(H,22,24). The van der Waals surface area contributed by atoms with E-state index in [0.717, 1.165) is 46.8 Å². The van der Waals surface area contributed by atoms with Crippen LogP contribution in [0.5, 0.6) is 0 Å². The lowest BCUT2D eigenvalue weighted by molar-refractivity contribution is 0.613. The van der Waals surface area contributed by atoms with Crippen LogP contribution in [0.15, 0.2) is 42.6 Å². The third-order valence-corrected chi connectivity index (χ3v) is 4.92. The van der Waals surface area contributed by atoms with E-state index in [9.17, 15) is 0 Å². The molecule has 0 bridgehead atoms. The number of H-pyrrole nitrogens is 2. The second kappa shape index (κ2) is 5.11. The van der Waals surface area contributed by atoms with Gasteiger partial charge in [0.1, 0.15) is 5.82 Å². The lowest BCUT2D eigenvalue weighted by atomic mass is 10.1. The summed E-state index contributed by atoms with van der Waals surface area (Å²) in [6.07, 6.45) is 4.29. The van der Waals surface area contributed by atoms with Crippen molar-refractivity contribution in [1.82, 2.24) is 20.3 Å². The van der Waals surface area contributed by atoms with Crippen LogP contribution in [0.25, 0.3) is 33.1 Å². The number of hydrogen-bond donors (Lipinski definition) is 4. The van der Waals surface area contributed by atoms with Gasteiger partial charge in [0.2, 0.25) is 0 Å². The molecular weight excluding hydrogens is 298 g/mol. The molecule has 1 saturated heterocycles. The van der Waals surface area contributed by atoms with Crippen LogP contribution >= 0.6 is 0 Å². The number of imidazole rings is 1. The summed E-state index contributed by atoms with van der Waals surface area (Å²) in [7, 11) is 0. The maximum atomic E-state index is 5.89. The normalized spacial score (nSPS) is 17.9. The molecule has 2 aromatic heterocycles. The van der Waals surface area contributed by atoms with Crippen LogP contribution in [-0.2, 0) is 0 Å². The second-order valence-corrected chi connectivity index (χ2v) is 6.52. The van der Waals surface area contributed by atoms with Crippen molar-refractivity contribution in [3.05, 3.63) is 48.4 Å². The van der Waals surface area contributed by atoms with Crippen molar-refractivity contribution >= 4 is 27.5 Å². The van der Waals surface area contributed by atoms with E-state index in [2.05, 4.69) is 44.5 Å². The summed E-state index contributed by atoms with van der Waals surface area (Å²) in [5.41, 5.74) is 11.0. The Balaban J connectivity index is 1.58. The zero-order valence-corrected chi connectivity index (χ0v) is 13.3. The fourth-order valence-corrected chi connectivity index (χ4v) is 3.67. The zero-order valence-electron chi connectivity index (χ0n) is 13.3. The third-order valence-electron chi connectivity index (χ3n) is 4.92. The van der Waals surface area contributed by atoms with E-state index in [1.54, 1.807) is 0 Å².